The highest BCUT2D eigenvalue weighted by molar-refractivity contribution is 7.47. The number of esters is 2. The van der Waals surface area contributed by atoms with Crippen LogP contribution >= 0.6 is 7.82 Å². The molecular formula is C49H87O13P. The summed E-state index contributed by atoms with van der Waals surface area (Å²) in [6.45, 7) is 3.18. The minimum absolute atomic E-state index is 0.0761. The summed E-state index contributed by atoms with van der Waals surface area (Å²) in [4.78, 5) is 35.8. The van der Waals surface area contributed by atoms with Gasteiger partial charge < -0.3 is 39.9 Å². The predicted octanol–water partition coefficient (Wildman–Crippen LogP) is 9.95. The number of phosphoric acid groups is 1. The molecule has 6 unspecified atom stereocenters. The van der Waals surface area contributed by atoms with E-state index in [4.69, 9.17) is 18.5 Å². The van der Waals surface area contributed by atoms with Gasteiger partial charge in [0, 0.05) is 12.8 Å². The molecule has 13 nitrogen and oxygen atoms in total. The minimum Gasteiger partial charge on any atom is -0.462 e. The molecule has 0 aromatic heterocycles. The highest BCUT2D eigenvalue weighted by Crippen LogP contribution is 2.47. The van der Waals surface area contributed by atoms with Gasteiger partial charge in [-0.2, -0.15) is 0 Å². The molecule has 6 atom stereocenters. The van der Waals surface area contributed by atoms with Crippen molar-refractivity contribution in [2.24, 2.45) is 0 Å². The van der Waals surface area contributed by atoms with Gasteiger partial charge in [-0.05, 0) is 70.6 Å². The molecule has 0 heterocycles. The second-order valence-corrected chi connectivity index (χ2v) is 18.3. The summed E-state index contributed by atoms with van der Waals surface area (Å²) in [5.41, 5.74) is 0. The van der Waals surface area contributed by atoms with Crippen molar-refractivity contribution in [3.05, 3.63) is 48.6 Å². The Bertz CT molecular complexity index is 1290. The lowest BCUT2D eigenvalue weighted by atomic mass is 9.85. The molecule has 14 heteroatoms. The quantitative estimate of drug-likeness (QED) is 0.0147. The van der Waals surface area contributed by atoms with Crippen LogP contribution in [-0.2, 0) is 32.7 Å². The molecule has 0 aromatic rings. The number of aliphatic hydroxyl groups excluding tert-OH is 5. The fourth-order valence-corrected chi connectivity index (χ4v) is 8.21. The van der Waals surface area contributed by atoms with Crippen molar-refractivity contribution in [3.63, 3.8) is 0 Å². The normalized spacial score (nSPS) is 22.1. The van der Waals surface area contributed by atoms with Gasteiger partial charge in [-0.25, -0.2) is 4.57 Å². The second-order valence-electron chi connectivity index (χ2n) is 16.9. The smallest absolute Gasteiger partial charge is 0.462 e. The Kier molecular flexibility index (Phi) is 36.4. The Morgan fingerprint density at radius 2 is 0.905 bits per heavy atom. The fourth-order valence-electron chi connectivity index (χ4n) is 7.24. The van der Waals surface area contributed by atoms with Gasteiger partial charge in [-0.1, -0.05) is 159 Å². The van der Waals surface area contributed by atoms with E-state index in [1.54, 1.807) is 0 Å². The molecule has 63 heavy (non-hydrogen) atoms. The topological polar surface area (TPSA) is 210 Å². The fraction of sp³-hybridized carbons (Fsp3) is 0.796. The molecule has 1 fully saturated rings. The number of aliphatic hydroxyl groups is 5. The summed E-state index contributed by atoms with van der Waals surface area (Å²) in [7, 11) is -5.13. The van der Waals surface area contributed by atoms with Crippen LogP contribution in [0.1, 0.15) is 194 Å². The zero-order valence-electron chi connectivity index (χ0n) is 38.9. The van der Waals surface area contributed by atoms with Crippen molar-refractivity contribution in [2.45, 2.75) is 236 Å². The van der Waals surface area contributed by atoms with E-state index >= 15 is 0 Å². The zero-order valence-corrected chi connectivity index (χ0v) is 39.8. The van der Waals surface area contributed by atoms with E-state index in [1.807, 2.05) is 0 Å². The SMILES string of the molecule is CC/C=C\C/C=C\C/C=C\CCCCCCCC(=O)OC(COC(=O)CCCCCCCCCCC/C=C\CCCCCCCC)COP(=O)(O)OC1C(O)C(O)C(O)C(O)C1O. The summed E-state index contributed by atoms with van der Waals surface area (Å²) in [5.74, 6) is -1.12. The Labute approximate surface area is 380 Å². The van der Waals surface area contributed by atoms with Gasteiger partial charge in [0.25, 0.3) is 0 Å². The molecule has 0 radical (unpaired) electrons. The van der Waals surface area contributed by atoms with E-state index in [-0.39, 0.29) is 12.8 Å². The first kappa shape index (κ1) is 58.8. The van der Waals surface area contributed by atoms with Gasteiger partial charge in [0.15, 0.2) is 6.10 Å². The van der Waals surface area contributed by atoms with E-state index in [9.17, 15) is 44.6 Å². The molecule has 1 saturated carbocycles. The maximum atomic E-state index is 12.8. The lowest BCUT2D eigenvalue weighted by Gasteiger charge is -2.41. The average molecular weight is 915 g/mol. The van der Waals surface area contributed by atoms with Crippen LogP contribution < -0.4 is 0 Å². The molecule has 0 saturated heterocycles. The lowest BCUT2D eigenvalue weighted by Crippen LogP contribution is -2.64. The number of hydrogen-bond acceptors (Lipinski definition) is 12. The van der Waals surface area contributed by atoms with Crippen molar-refractivity contribution >= 4 is 19.8 Å². The summed E-state index contributed by atoms with van der Waals surface area (Å²) in [6.07, 6.45) is 33.0. The third-order valence-electron chi connectivity index (χ3n) is 11.2. The molecule has 1 aliphatic rings. The van der Waals surface area contributed by atoms with Crippen molar-refractivity contribution in [1.82, 2.24) is 0 Å². The number of carbonyl (C=O) groups excluding carboxylic acids is 2. The molecule has 0 bridgehead atoms. The lowest BCUT2D eigenvalue weighted by molar-refractivity contribution is -0.220. The largest absolute Gasteiger partial charge is 0.472 e. The van der Waals surface area contributed by atoms with Gasteiger partial charge in [0.1, 0.15) is 43.2 Å². The summed E-state index contributed by atoms with van der Waals surface area (Å²) < 4.78 is 33.6. The number of carbonyl (C=O) groups is 2. The van der Waals surface area contributed by atoms with Gasteiger partial charge in [-0.3, -0.25) is 18.6 Å². The third-order valence-corrected chi connectivity index (χ3v) is 12.1. The minimum atomic E-state index is -5.13. The van der Waals surface area contributed by atoms with Crippen LogP contribution in [0.2, 0.25) is 0 Å². The van der Waals surface area contributed by atoms with Gasteiger partial charge in [0.05, 0.1) is 6.61 Å². The number of rotatable bonds is 40. The second kappa shape index (κ2) is 39.0. The first-order valence-electron chi connectivity index (χ1n) is 24.4. The van der Waals surface area contributed by atoms with Crippen LogP contribution in [0.25, 0.3) is 0 Å². The molecular weight excluding hydrogens is 828 g/mol. The number of unbranched alkanes of at least 4 members (excludes halogenated alkanes) is 20. The maximum Gasteiger partial charge on any atom is 0.472 e. The van der Waals surface area contributed by atoms with Crippen LogP contribution in [0.3, 0.4) is 0 Å². The van der Waals surface area contributed by atoms with Crippen LogP contribution in [0, 0.1) is 0 Å². The molecule has 0 spiro atoms. The summed E-state index contributed by atoms with van der Waals surface area (Å²) in [5, 5.41) is 50.2. The number of ether oxygens (including phenoxy) is 2. The monoisotopic (exact) mass is 915 g/mol. The van der Waals surface area contributed by atoms with Gasteiger partial charge in [-0.15, -0.1) is 0 Å². The summed E-state index contributed by atoms with van der Waals surface area (Å²) in [6, 6.07) is 0. The van der Waals surface area contributed by atoms with Crippen LogP contribution in [0.5, 0.6) is 0 Å². The van der Waals surface area contributed by atoms with Crippen molar-refractivity contribution in [1.29, 1.82) is 0 Å². The Hall–Kier alpha value is -2.19. The Morgan fingerprint density at radius 1 is 0.508 bits per heavy atom. The van der Waals surface area contributed by atoms with Gasteiger partial charge >= 0.3 is 19.8 Å². The molecule has 0 aliphatic heterocycles. The Balaban J connectivity index is 2.42. The highest BCUT2D eigenvalue weighted by Gasteiger charge is 2.51. The van der Waals surface area contributed by atoms with Crippen LogP contribution in [0.15, 0.2) is 48.6 Å². The molecule has 6 N–H and O–H groups in total. The van der Waals surface area contributed by atoms with Crippen molar-refractivity contribution in [3.8, 4) is 0 Å². The van der Waals surface area contributed by atoms with Crippen molar-refractivity contribution < 1.29 is 63.1 Å². The molecule has 366 valence electrons. The third kappa shape index (κ3) is 31.4. The number of hydrogen-bond donors (Lipinski definition) is 6. The van der Waals surface area contributed by atoms with Crippen LogP contribution in [0.4, 0.5) is 0 Å². The standard InChI is InChI=1S/C49H87O13P/c1-3-5-7-9-11-13-15-17-19-20-21-22-24-25-27-29-31-33-35-37-42(50)59-39-41(40-60-63(57,58)62-49-47(55)45(53)44(52)46(54)48(49)56)61-43(51)38-36-34-32-30-28-26-23-18-16-14-12-10-8-6-4-2/h6,8,12,14,17-19,23,41,44-49,52-56H,3-5,7,9-11,13,15-16,20-22,24-40H2,1-2H3,(H,57,58)/b8-6-,14-12-,19-17-,23-18-. The van der Waals surface area contributed by atoms with E-state index in [2.05, 4.69) is 62.5 Å². The van der Waals surface area contributed by atoms with E-state index in [0.29, 0.717) is 12.8 Å². The average Bonchev–Trinajstić information content (AvgIpc) is 3.26. The van der Waals surface area contributed by atoms with E-state index in [1.165, 1.54) is 77.0 Å². The van der Waals surface area contributed by atoms with Gasteiger partial charge in [0.2, 0.25) is 0 Å². The summed E-state index contributed by atoms with van der Waals surface area (Å²) >= 11 is 0. The van der Waals surface area contributed by atoms with Crippen LogP contribution in [-0.4, -0.2) is 98.3 Å². The van der Waals surface area contributed by atoms with E-state index in [0.717, 1.165) is 77.0 Å². The molecule has 1 rings (SSSR count). The zero-order chi connectivity index (χ0) is 46.4. The molecule has 1 aliphatic carbocycles. The maximum absolute atomic E-state index is 12.8. The first-order chi connectivity index (χ1) is 30.4. The van der Waals surface area contributed by atoms with Crippen molar-refractivity contribution in [2.75, 3.05) is 13.2 Å². The van der Waals surface area contributed by atoms with E-state index < -0.39 is 75.7 Å². The molecule has 0 aromatic carbocycles. The number of phosphoric ester groups is 1. The highest BCUT2D eigenvalue weighted by atomic mass is 31.2. The first-order valence-corrected chi connectivity index (χ1v) is 25.9. The Morgan fingerprint density at radius 3 is 1.40 bits per heavy atom. The molecule has 0 amide bonds. The predicted molar refractivity (Wildman–Crippen MR) is 249 cm³/mol. The number of allylic oxidation sites excluding steroid dienone is 8.